The lowest BCUT2D eigenvalue weighted by Gasteiger charge is -2.32. The highest BCUT2D eigenvalue weighted by molar-refractivity contribution is 5.96. The van der Waals surface area contributed by atoms with Crippen LogP contribution in [0.25, 0.3) is 6.08 Å². The second-order valence-corrected chi connectivity index (χ2v) is 8.01. The van der Waals surface area contributed by atoms with Crippen LogP contribution in [0.2, 0.25) is 0 Å². The van der Waals surface area contributed by atoms with E-state index in [4.69, 9.17) is 0 Å². The van der Waals surface area contributed by atoms with Crippen molar-refractivity contribution >= 4 is 17.9 Å². The van der Waals surface area contributed by atoms with E-state index < -0.39 is 0 Å². The van der Waals surface area contributed by atoms with Crippen molar-refractivity contribution in [3.63, 3.8) is 0 Å². The molecule has 2 amide bonds. The van der Waals surface area contributed by atoms with Gasteiger partial charge in [-0.05, 0) is 62.0 Å². The van der Waals surface area contributed by atoms with Gasteiger partial charge < -0.3 is 15.5 Å². The van der Waals surface area contributed by atoms with Crippen molar-refractivity contribution in [2.24, 2.45) is 5.92 Å². The lowest BCUT2D eigenvalue weighted by molar-refractivity contribution is -0.128. The van der Waals surface area contributed by atoms with Gasteiger partial charge in [0.05, 0.1) is 0 Å². The summed E-state index contributed by atoms with van der Waals surface area (Å²) in [5.41, 5.74) is 2.35. The molecule has 0 bridgehead atoms. The maximum atomic E-state index is 12.8. The van der Waals surface area contributed by atoms with Crippen LogP contribution in [0.15, 0.2) is 66.7 Å². The molecular formula is C26H36N4O2. The Morgan fingerprint density at radius 2 is 1.91 bits per heavy atom. The fourth-order valence-electron chi connectivity index (χ4n) is 3.70. The highest BCUT2D eigenvalue weighted by Gasteiger charge is 2.23. The van der Waals surface area contributed by atoms with Crippen LogP contribution in [-0.2, 0) is 9.59 Å². The molecule has 0 saturated carbocycles. The number of unbranched alkanes of at least 4 members (excludes halogenated alkanes) is 1. The number of likely N-dealkylation sites (N-methyl/N-ethyl adjacent to an activating group) is 1. The molecule has 1 aromatic heterocycles. The zero-order valence-electron chi connectivity index (χ0n) is 19.3. The van der Waals surface area contributed by atoms with Crippen molar-refractivity contribution < 1.29 is 9.59 Å². The number of nitrogens with one attached hydrogen (secondary N) is 2. The van der Waals surface area contributed by atoms with Gasteiger partial charge in [0.2, 0.25) is 5.91 Å². The molecule has 1 aliphatic rings. The van der Waals surface area contributed by atoms with E-state index in [9.17, 15) is 9.59 Å². The zero-order valence-corrected chi connectivity index (χ0v) is 19.3. The fraction of sp³-hybridized carbons (Fsp3) is 0.423. The van der Waals surface area contributed by atoms with E-state index in [1.54, 1.807) is 37.7 Å². The Balaban J connectivity index is 1.64. The van der Waals surface area contributed by atoms with Gasteiger partial charge in [0, 0.05) is 56.4 Å². The first-order chi connectivity index (χ1) is 15.5. The number of hydrogen-bond donors (Lipinski definition) is 2. The predicted molar refractivity (Wildman–Crippen MR) is 131 cm³/mol. The summed E-state index contributed by atoms with van der Waals surface area (Å²) in [5, 5.41) is 5.90. The highest BCUT2D eigenvalue weighted by atomic mass is 16.2. The Morgan fingerprint density at radius 3 is 2.56 bits per heavy atom. The van der Waals surface area contributed by atoms with Crippen LogP contribution in [0.4, 0.5) is 0 Å². The standard InChI is InChI=1S/C26H36N4O2/c1-4-7-24(20-21(2)27-3)26(32)30-18-13-22(14-19-30)8-5-6-15-29-25(31)10-9-23-11-16-28-17-12-23/h4,7,9-12,16-17,20,22,27H,2,5-6,8,13-15,18-19H2,1,3H3,(H,29,31)/b7-4-,10-9+,24-20+. The third-order valence-electron chi connectivity index (χ3n) is 5.62. The number of aromatic nitrogens is 1. The lowest BCUT2D eigenvalue weighted by Crippen LogP contribution is -2.39. The summed E-state index contributed by atoms with van der Waals surface area (Å²) in [6, 6.07) is 3.72. The number of carbonyl (C=O) groups is 2. The van der Waals surface area contributed by atoms with Crippen molar-refractivity contribution in [1.29, 1.82) is 0 Å². The first-order valence-electron chi connectivity index (χ1n) is 11.4. The van der Waals surface area contributed by atoms with Crippen molar-refractivity contribution in [3.8, 4) is 0 Å². The molecule has 2 heterocycles. The van der Waals surface area contributed by atoms with E-state index in [-0.39, 0.29) is 11.8 Å². The maximum absolute atomic E-state index is 12.8. The van der Waals surface area contributed by atoms with Gasteiger partial charge in [0.1, 0.15) is 0 Å². The van der Waals surface area contributed by atoms with Gasteiger partial charge in [-0.25, -0.2) is 0 Å². The highest BCUT2D eigenvalue weighted by Crippen LogP contribution is 2.23. The second-order valence-electron chi connectivity index (χ2n) is 8.01. The Labute approximate surface area is 192 Å². The van der Waals surface area contributed by atoms with Crippen LogP contribution in [0.5, 0.6) is 0 Å². The van der Waals surface area contributed by atoms with Gasteiger partial charge in [-0.2, -0.15) is 0 Å². The number of rotatable bonds is 11. The Morgan fingerprint density at radius 1 is 1.19 bits per heavy atom. The largest absolute Gasteiger partial charge is 0.389 e. The Kier molecular flexibility index (Phi) is 11.0. The molecule has 0 spiro atoms. The molecule has 0 unspecified atom stereocenters. The molecule has 1 fully saturated rings. The molecule has 1 aliphatic heterocycles. The van der Waals surface area contributed by atoms with Gasteiger partial charge in [-0.3, -0.25) is 14.6 Å². The van der Waals surface area contributed by atoms with Gasteiger partial charge in [0.25, 0.3) is 5.91 Å². The van der Waals surface area contributed by atoms with Gasteiger partial charge >= 0.3 is 0 Å². The Hall–Kier alpha value is -3.15. The average Bonchev–Trinajstić information content (AvgIpc) is 2.82. The normalized spacial score (nSPS) is 15.3. The minimum Gasteiger partial charge on any atom is -0.389 e. The monoisotopic (exact) mass is 436 g/mol. The number of allylic oxidation sites excluding steroid dienone is 2. The number of nitrogens with zero attached hydrogens (tertiary/aromatic N) is 2. The SMILES string of the molecule is C=C(/C=C(\C=C/C)C(=O)N1CCC(CCCCNC(=O)/C=C/c2ccncc2)CC1)NC. The predicted octanol–water partition coefficient (Wildman–Crippen LogP) is 3.86. The van der Waals surface area contributed by atoms with E-state index >= 15 is 0 Å². The maximum Gasteiger partial charge on any atom is 0.253 e. The minimum atomic E-state index is -0.0698. The molecule has 0 aromatic carbocycles. The van der Waals surface area contributed by atoms with E-state index in [0.717, 1.165) is 56.5 Å². The van der Waals surface area contributed by atoms with Gasteiger partial charge in [-0.15, -0.1) is 0 Å². The number of amides is 2. The van der Waals surface area contributed by atoms with E-state index in [0.29, 0.717) is 18.0 Å². The quantitative estimate of drug-likeness (QED) is 0.314. The van der Waals surface area contributed by atoms with Crippen LogP contribution in [0.3, 0.4) is 0 Å². The molecule has 6 heteroatoms. The van der Waals surface area contributed by atoms with Crippen LogP contribution in [0, 0.1) is 5.92 Å². The van der Waals surface area contributed by atoms with Crippen LogP contribution < -0.4 is 10.6 Å². The molecule has 2 rings (SSSR count). The van der Waals surface area contributed by atoms with Crippen molar-refractivity contribution in [3.05, 3.63) is 72.2 Å². The summed E-state index contributed by atoms with van der Waals surface area (Å²) in [6.45, 7) is 8.08. The molecular weight excluding hydrogens is 400 g/mol. The van der Waals surface area contributed by atoms with E-state index in [2.05, 4.69) is 22.2 Å². The number of hydrogen-bond acceptors (Lipinski definition) is 4. The molecule has 0 radical (unpaired) electrons. The Bertz CT molecular complexity index is 835. The zero-order chi connectivity index (χ0) is 23.2. The van der Waals surface area contributed by atoms with Crippen molar-refractivity contribution in [2.45, 2.75) is 39.0 Å². The number of carbonyl (C=O) groups excluding carboxylic acids is 2. The molecule has 0 atom stereocenters. The number of likely N-dealkylation sites (tertiary alicyclic amines) is 1. The number of piperidine rings is 1. The summed E-state index contributed by atoms with van der Waals surface area (Å²) in [4.78, 5) is 30.6. The van der Waals surface area contributed by atoms with Gasteiger partial charge in [-0.1, -0.05) is 31.6 Å². The fourth-order valence-corrected chi connectivity index (χ4v) is 3.70. The smallest absolute Gasteiger partial charge is 0.253 e. The first-order valence-corrected chi connectivity index (χ1v) is 11.4. The summed E-state index contributed by atoms with van der Waals surface area (Å²) < 4.78 is 0. The minimum absolute atomic E-state index is 0.0698. The molecule has 172 valence electrons. The molecule has 2 N–H and O–H groups in total. The molecule has 1 saturated heterocycles. The average molecular weight is 437 g/mol. The topological polar surface area (TPSA) is 74.3 Å². The summed E-state index contributed by atoms with van der Waals surface area (Å²) in [5.74, 6) is 0.641. The number of pyridine rings is 1. The van der Waals surface area contributed by atoms with E-state index in [1.165, 1.54) is 0 Å². The molecule has 32 heavy (non-hydrogen) atoms. The lowest BCUT2D eigenvalue weighted by atomic mass is 9.91. The van der Waals surface area contributed by atoms with Crippen LogP contribution >= 0.6 is 0 Å². The summed E-state index contributed by atoms with van der Waals surface area (Å²) in [6.07, 6.45) is 17.5. The second kappa shape index (κ2) is 14.0. The third-order valence-corrected chi connectivity index (χ3v) is 5.62. The first kappa shape index (κ1) is 25.1. The van der Waals surface area contributed by atoms with E-state index in [1.807, 2.05) is 36.1 Å². The molecule has 0 aliphatic carbocycles. The van der Waals surface area contributed by atoms with Gasteiger partial charge in [0.15, 0.2) is 0 Å². The summed E-state index contributed by atoms with van der Waals surface area (Å²) >= 11 is 0. The van der Waals surface area contributed by atoms with Crippen molar-refractivity contribution in [1.82, 2.24) is 20.5 Å². The third kappa shape index (κ3) is 8.92. The summed E-state index contributed by atoms with van der Waals surface area (Å²) in [7, 11) is 1.80. The molecule has 6 nitrogen and oxygen atoms in total. The van der Waals surface area contributed by atoms with Crippen LogP contribution in [0.1, 0.15) is 44.6 Å². The van der Waals surface area contributed by atoms with Crippen molar-refractivity contribution in [2.75, 3.05) is 26.7 Å². The van der Waals surface area contributed by atoms with Crippen LogP contribution in [-0.4, -0.2) is 48.4 Å². The molecule has 1 aromatic rings.